The lowest BCUT2D eigenvalue weighted by molar-refractivity contribution is -0.142. The van der Waals surface area contributed by atoms with Crippen LogP contribution in [0.15, 0.2) is 34.8 Å². The normalized spacial score (nSPS) is 11.2. The van der Waals surface area contributed by atoms with Crippen LogP contribution in [0.5, 0.6) is 0 Å². The number of pyridine rings is 1. The van der Waals surface area contributed by atoms with Gasteiger partial charge < -0.3 is 10.1 Å². The van der Waals surface area contributed by atoms with Gasteiger partial charge in [-0.25, -0.2) is 4.98 Å². The molecule has 4 aromatic rings. The van der Waals surface area contributed by atoms with E-state index in [-0.39, 0.29) is 24.1 Å². The van der Waals surface area contributed by atoms with E-state index < -0.39 is 0 Å². The van der Waals surface area contributed by atoms with Crippen LogP contribution in [0, 0.1) is 13.8 Å². The molecule has 0 radical (unpaired) electrons. The lowest BCUT2D eigenvalue weighted by Crippen LogP contribution is -2.14. The molecule has 0 aliphatic rings. The Balaban J connectivity index is 1.46. The summed E-state index contributed by atoms with van der Waals surface area (Å²) < 4.78 is 6.91. The molecule has 0 bridgehead atoms. The Morgan fingerprint density at radius 3 is 2.87 bits per heavy atom. The lowest BCUT2D eigenvalue weighted by atomic mass is 10.1. The van der Waals surface area contributed by atoms with Gasteiger partial charge in [0.1, 0.15) is 0 Å². The summed E-state index contributed by atoms with van der Waals surface area (Å²) in [6.45, 7) is 6.13. The summed E-state index contributed by atoms with van der Waals surface area (Å²) >= 11 is 2.59. The first-order chi connectivity index (χ1) is 14.9. The summed E-state index contributed by atoms with van der Waals surface area (Å²) in [7, 11) is 0. The van der Waals surface area contributed by atoms with E-state index in [9.17, 15) is 9.59 Å². The minimum Gasteiger partial charge on any atom is -0.466 e. The minimum atomic E-state index is -0.335. The second-order valence-corrected chi connectivity index (χ2v) is 8.79. The molecule has 0 aliphatic heterocycles. The Labute approximate surface area is 187 Å². The number of hydrogen-bond acceptors (Lipinski definition) is 8. The molecular weight excluding hydrogens is 434 g/mol. The summed E-state index contributed by atoms with van der Waals surface area (Å²) in [5, 5.41) is 15.3. The second kappa shape index (κ2) is 9.03. The third-order valence-corrected chi connectivity index (χ3v) is 6.28. The van der Waals surface area contributed by atoms with Crippen molar-refractivity contribution in [2.45, 2.75) is 32.3 Å². The van der Waals surface area contributed by atoms with E-state index in [0.717, 1.165) is 27.7 Å². The van der Waals surface area contributed by atoms with Crippen LogP contribution in [0.3, 0.4) is 0 Å². The van der Waals surface area contributed by atoms with Crippen LogP contribution in [0.1, 0.15) is 23.7 Å². The first-order valence-electron chi connectivity index (χ1n) is 9.72. The number of anilines is 1. The fraction of sp³-hybridized carbons (Fsp3) is 0.286. The zero-order valence-electron chi connectivity index (χ0n) is 17.3. The highest BCUT2D eigenvalue weighted by atomic mass is 32.2. The van der Waals surface area contributed by atoms with Gasteiger partial charge in [-0.05, 0) is 49.4 Å². The van der Waals surface area contributed by atoms with E-state index in [1.165, 1.54) is 23.1 Å². The summed E-state index contributed by atoms with van der Waals surface area (Å²) in [4.78, 5) is 28.3. The van der Waals surface area contributed by atoms with Gasteiger partial charge in [0.25, 0.3) is 0 Å². The molecule has 0 saturated carbocycles. The van der Waals surface area contributed by atoms with Crippen molar-refractivity contribution in [1.29, 1.82) is 0 Å². The largest absolute Gasteiger partial charge is 0.466 e. The molecule has 10 heteroatoms. The van der Waals surface area contributed by atoms with Crippen LogP contribution in [-0.2, 0) is 20.7 Å². The molecule has 0 saturated heterocycles. The average Bonchev–Trinajstić information content (AvgIpc) is 3.34. The van der Waals surface area contributed by atoms with Gasteiger partial charge >= 0.3 is 5.97 Å². The number of amides is 1. The summed E-state index contributed by atoms with van der Waals surface area (Å²) in [6.07, 6.45) is 0.0898. The monoisotopic (exact) mass is 455 g/mol. The highest BCUT2D eigenvalue weighted by Crippen LogP contribution is 2.26. The molecule has 0 atom stereocenters. The number of carbonyl (C=O) groups excluding carboxylic acids is 2. The molecular formula is C21H21N5O3S2. The molecule has 1 amide bonds. The predicted molar refractivity (Wildman–Crippen MR) is 122 cm³/mol. The molecule has 1 aromatic carbocycles. The number of aryl methyl sites for hydroxylation is 2. The predicted octanol–water partition coefficient (Wildman–Crippen LogP) is 3.79. The molecule has 3 heterocycles. The van der Waals surface area contributed by atoms with E-state index in [2.05, 4.69) is 44.8 Å². The SMILES string of the molecule is CCOC(=O)Cc1csc(NC(=O)CSc2nnc3c(C)cc4ccc(C)cc4n23)n1. The van der Waals surface area contributed by atoms with E-state index in [1.54, 1.807) is 12.3 Å². The minimum absolute atomic E-state index is 0.0898. The van der Waals surface area contributed by atoms with Crippen LogP contribution in [-0.4, -0.2) is 43.8 Å². The molecule has 0 unspecified atom stereocenters. The van der Waals surface area contributed by atoms with Gasteiger partial charge in [0.2, 0.25) is 5.91 Å². The average molecular weight is 456 g/mol. The third kappa shape index (κ3) is 4.70. The number of nitrogens with one attached hydrogen (secondary N) is 1. The van der Waals surface area contributed by atoms with Gasteiger partial charge in [0.15, 0.2) is 15.9 Å². The molecule has 4 rings (SSSR count). The quantitative estimate of drug-likeness (QED) is 0.334. The zero-order chi connectivity index (χ0) is 22.0. The van der Waals surface area contributed by atoms with Crippen LogP contribution in [0.2, 0.25) is 0 Å². The molecule has 160 valence electrons. The van der Waals surface area contributed by atoms with Crippen molar-refractivity contribution >= 4 is 56.7 Å². The number of carbonyl (C=O) groups is 2. The number of benzene rings is 1. The number of rotatable bonds is 7. The van der Waals surface area contributed by atoms with Gasteiger partial charge in [0.05, 0.1) is 30.0 Å². The summed E-state index contributed by atoms with van der Waals surface area (Å²) in [6, 6.07) is 8.34. The fourth-order valence-electron chi connectivity index (χ4n) is 3.19. The number of nitrogens with zero attached hydrogens (tertiary/aromatic N) is 4. The lowest BCUT2D eigenvalue weighted by Gasteiger charge is -2.08. The van der Waals surface area contributed by atoms with E-state index in [0.29, 0.717) is 22.6 Å². The first-order valence-corrected chi connectivity index (χ1v) is 11.6. The third-order valence-electron chi connectivity index (χ3n) is 4.55. The van der Waals surface area contributed by atoms with E-state index >= 15 is 0 Å². The number of ether oxygens (including phenoxy) is 1. The molecule has 8 nitrogen and oxygen atoms in total. The number of thiazole rings is 1. The highest BCUT2D eigenvalue weighted by molar-refractivity contribution is 7.99. The van der Waals surface area contributed by atoms with E-state index in [4.69, 9.17) is 4.74 Å². The second-order valence-electron chi connectivity index (χ2n) is 6.99. The van der Waals surface area contributed by atoms with Crippen LogP contribution in [0.25, 0.3) is 16.6 Å². The van der Waals surface area contributed by atoms with Crippen molar-refractivity contribution in [1.82, 2.24) is 19.6 Å². The number of fused-ring (bicyclic) bond motifs is 3. The Bertz CT molecular complexity index is 1280. The molecule has 31 heavy (non-hydrogen) atoms. The highest BCUT2D eigenvalue weighted by Gasteiger charge is 2.15. The topological polar surface area (TPSA) is 98.5 Å². The fourth-order valence-corrected chi connectivity index (χ4v) is 4.67. The van der Waals surface area contributed by atoms with Gasteiger partial charge in [-0.2, -0.15) is 0 Å². The molecule has 1 N–H and O–H groups in total. The van der Waals surface area contributed by atoms with E-state index in [1.807, 2.05) is 18.2 Å². The van der Waals surface area contributed by atoms with Crippen molar-refractivity contribution in [2.24, 2.45) is 0 Å². The molecule has 0 fully saturated rings. The standard InChI is InChI=1S/C21H21N5O3S2/c1-4-29-18(28)9-15-10-30-20(22-15)23-17(27)11-31-21-25-24-19-13(3)8-14-6-5-12(2)7-16(14)26(19)21/h5-8,10H,4,9,11H2,1-3H3,(H,22,23,27). The van der Waals surface area contributed by atoms with Crippen LogP contribution in [0.4, 0.5) is 5.13 Å². The molecule has 3 aromatic heterocycles. The van der Waals surface area contributed by atoms with Crippen LogP contribution < -0.4 is 5.32 Å². The maximum atomic E-state index is 12.4. The Morgan fingerprint density at radius 1 is 1.23 bits per heavy atom. The Hall–Kier alpha value is -2.98. The smallest absolute Gasteiger partial charge is 0.311 e. The van der Waals surface area contributed by atoms with Crippen molar-refractivity contribution in [3.05, 3.63) is 46.5 Å². The first kappa shape index (κ1) is 21.3. The maximum Gasteiger partial charge on any atom is 0.311 e. The Kier molecular flexibility index (Phi) is 6.19. The zero-order valence-corrected chi connectivity index (χ0v) is 19.0. The van der Waals surface area contributed by atoms with Crippen molar-refractivity contribution in [2.75, 3.05) is 17.7 Å². The number of aromatic nitrogens is 4. The maximum absolute atomic E-state index is 12.4. The molecule has 0 aliphatic carbocycles. The molecule has 0 spiro atoms. The van der Waals surface area contributed by atoms with Crippen molar-refractivity contribution in [3.63, 3.8) is 0 Å². The Morgan fingerprint density at radius 2 is 2.06 bits per heavy atom. The van der Waals surface area contributed by atoms with Crippen molar-refractivity contribution in [3.8, 4) is 0 Å². The van der Waals surface area contributed by atoms with Gasteiger partial charge in [-0.15, -0.1) is 21.5 Å². The van der Waals surface area contributed by atoms with Gasteiger partial charge in [0, 0.05) is 5.38 Å². The van der Waals surface area contributed by atoms with Crippen molar-refractivity contribution < 1.29 is 14.3 Å². The van der Waals surface area contributed by atoms with Gasteiger partial charge in [-0.1, -0.05) is 23.9 Å². The van der Waals surface area contributed by atoms with Gasteiger partial charge in [-0.3, -0.25) is 14.0 Å². The summed E-state index contributed by atoms with van der Waals surface area (Å²) in [5.41, 5.74) is 4.54. The number of hydrogen-bond donors (Lipinski definition) is 1. The summed E-state index contributed by atoms with van der Waals surface area (Å²) in [5.74, 6) is -0.376. The van der Waals surface area contributed by atoms with Crippen LogP contribution >= 0.6 is 23.1 Å². The number of thioether (sulfide) groups is 1. The number of esters is 1.